The van der Waals surface area contributed by atoms with Gasteiger partial charge in [-0.05, 0) is 18.4 Å². The molecule has 6 nitrogen and oxygen atoms in total. The van der Waals surface area contributed by atoms with Crippen molar-refractivity contribution < 1.29 is 9.59 Å². The molecule has 21 heavy (non-hydrogen) atoms. The number of carbonyl (C=O) groups excluding carboxylic acids is 2. The van der Waals surface area contributed by atoms with Gasteiger partial charge in [0.15, 0.2) is 0 Å². The highest BCUT2D eigenvalue weighted by atomic mass is 16.2. The Hall–Kier alpha value is -2.21. The second-order valence-corrected chi connectivity index (χ2v) is 5.38. The van der Waals surface area contributed by atoms with Crippen molar-refractivity contribution in [1.29, 1.82) is 0 Å². The van der Waals surface area contributed by atoms with E-state index in [1.807, 2.05) is 6.07 Å². The summed E-state index contributed by atoms with van der Waals surface area (Å²) in [4.78, 5) is 28.9. The van der Waals surface area contributed by atoms with Crippen molar-refractivity contribution in [2.45, 2.75) is 25.4 Å². The maximum absolute atomic E-state index is 11.1. The number of nitrogens with one attached hydrogen (secondary N) is 2. The molecule has 2 N–H and O–H groups in total. The molecule has 0 bridgehead atoms. The van der Waals surface area contributed by atoms with E-state index >= 15 is 0 Å². The van der Waals surface area contributed by atoms with Crippen LogP contribution in [0.5, 0.6) is 0 Å². The van der Waals surface area contributed by atoms with Gasteiger partial charge in [-0.25, -0.2) is 4.99 Å². The number of nitrogens with zero attached hydrogens (tertiary/aromatic N) is 2. The SMILES string of the molecule is O=C1NC(=NC2CCN(Cc3ccccc3)CC2)NC1=O. The molecule has 2 saturated heterocycles. The van der Waals surface area contributed by atoms with E-state index in [1.54, 1.807) is 0 Å². The van der Waals surface area contributed by atoms with E-state index in [0.29, 0.717) is 5.96 Å². The number of hydrogen-bond acceptors (Lipinski definition) is 4. The summed E-state index contributed by atoms with van der Waals surface area (Å²) in [5.74, 6) is -0.961. The average Bonchev–Trinajstić information content (AvgIpc) is 2.80. The van der Waals surface area contributed by atoms with Crippen LogP contribution >= 0.6 is 0 Å². The largest absolute Gasteiger partial charge is 0.316 e. The molecule has 6 heteroatoms. The van der Waals surface area contributed by atoms with Crippen molar-refractivity contribution in [3.8, 4) is 0 Å². The minimum Gasteiger partial charge on any atom is -0.299 e. The number of carbonyl (C=O) groups is 2. The molecule has 0 unspecified atom stereocenters. The summed E-state index contributed by atoms with van der Waals surface area (Å²) in [6.07, 6.45) is 1.87. The molecule has 110 valence electrons. The number of guanidine groups is 1. The van der Waals surface area contributed by atoms with Crippen LogP contribution in [0.1, 0.15) is 18.4 Å². The van der Waals surface area contributed by atoms with Crippen molar-refractivity contribution in [1.82, 2.24) is 15.5 Å². The number of likely N-dealkylation sites (tertiary alicyclic amines) is 1. The van der Waals surface area contributed by atoms with E-state index in [4.69, 9.17) is 0 Å². The monoisotopic (exact) mass is 286 g/mol. The summed E-state index contributed by atoms with van der Waals surface area (Å²) in [5, 5.41) is 4.88. The van der Waals surface area contributed by atoms with Gasteiger partial charge in [-0.2, -0.15) is 0 Å². The first-order valence-electron chi connectivity index (χ1n) is 7.17. The molecule has 0 aliphatic carbocycles. The van der Waals surface area contributed by atoms with Gasteiger partial charge < -0.3 is 0 Å². The lowest BCUT2D eigenvalue weighted by molar-refractivity contribution is -0.135. The van der Waals surface area contributed by atoms with Crippen molar-refractivity contribution >= 4 is 17.8 Å². The highest BCUT2D eigenvalue weighted by Gasteiger charge is 2.27. The van der Waals surface area contributed by atoms with Gasteiger partial charge in [0.1, 0.15) is 0 Å². The predicted octanol–water partition coefficient (Wildman–Crippen LogP) is 0.253. The van der Waals surface area contributed by atoms with Gasteiger partial charge in [-0.1, -0.05) is 30.3 Å². The van der Waals surface area contributed by atoms with E-state index in [0.717, 1.165) is 32.5 Å². The molecule has 1 aromatic carbocycles. The van der Waals surface area contributed by atoms with Crippen LogP contribution < -0.4 is 10.6 Å². The molecular formula is C15H18N4O2. The number of aliphatic imine (C=N–C) groups is 1. The molecule has 0 radical (unpaired) electrons. The van der Waals surface area contributed by atoms with Crippen LogP contribution in [0.25, 0.3) is 0 Å². The van der Waals surface area contributed by atoms with Crippen LogP contribution in [0.15, 0.2) is 35.3 Å². The predicted molar refractivity (Wildman–Crippen MR) is 78.5 cm³/mol. The fraction of sp³-hybridized carbons (Fsp3) is 0.400. The van der Waals surface area contributed by atoms with Crippen LogP contribution in [0.4, 0.5) is 0 Å². The second kappa shape index (κ2) is 6.05. The van der Waals surface area contributed by atoms with Crippen LogP contribution in [0, 0.1) is 0 Å². The van der Waals surface area contributed by atoms with E-state index in [9.17, 15) is 9.59 Å². The van der Waals surface area contributed by atoms with Crippen molar-refractivity contribution in [2.75, 3.05) is 13.1 Å². The number of hydrogen-bond donors (Lipinski definition) is 2. The van der Waals surface area contributed by atoms with Crippen molar-refractivity contribution in [3.63, 3.8) is 0 Å². The maximum atomic E-state index is 11.1. The van der Waals surface area contributed by atoms with Crippen LogP contribution in [-0.2, 0) is 16.1 Å². The number of rotatable bonds is 3. The maximum Gasteiger partial charge on any atom is 0.316 e. The molecule has 0 aromatic heterocycles. The smallest absolute Gasteiger partial charge is 0.299 e. The lowest BCUT2D eigenvalue weighted by atomic mass is 10.0. The normalized spacial score (nSPS) is 20.3. The number of benzene rings is 1. The molecule has 1 aromatic rings. The third-order valence-electron chi connectivity index (χ3n) is 3.79. The number of amides is 2. The van der Waals surface area contributed by atoms with Crippen molar-refractivity contribution in [3.05, 3.63) is 35.9 Å². The van der Waals surface area contributed by atoms with E-state index in [-0.39, 0.29) is 6.04 Å². The highest BCUT2D eigenvalue weighted by molar-refractivity contribution is 6.45. The van der Waals surface area contributed by atoms with Gasteiger partial charge in [-0.15, -0.1) is 0 Å². The molecule has 2 fully saturated rings. The Kier molecular flexibility index (Phi) is 3.96. The van der Waals surface area contributed by atoms with E-state index < -0.39 is 11.8 Å². The topological polar surface area (TPSA) is 73.8 Å². The van der Waals surface area contributed by atoms with Gasteiger partial charge in [0.2, 0.25) is 5.96 Å². The third kappa shape index (κ3) is 3.46. The first-order valence-corrected chi connectivity index (χ1v) is 7.17. The lowest BCUT2D eigenvalue weighted by Crippen LogP contribution is -2.36. The number of piperidine rings is 1. The summed E-state index contributed by atoms with van der Waals surface area (Å²) in [6, 6.07) is 10.6. The summed E-state index contributed by atoms with van der Waals surface area (Å²) in [6.45, 7) is 2.90. The lowest BCUT2D eigenvalue weighted by Gasteiger charge is -2.30. The van der Waals surface area contributed by atoms with E-state index in [2.05, 4.69) is 44.8 Å². The summed E-state index contributed by atoms with van der Waals surface area (Å²) in [5.41, 5.74) is 1.32. The van der Waals surface area contributed by atoms with Crippen LogP contribution in [-0.4, -0.2) is 41.8 Å². The fourth-order valence-corrected chi connectivity index (χ4v) is 2.66. The van der Waals surface area contributed by atoms with Crippen molar-refractivity contribution in [2.24, 2.45) is 4.99 Å². The first-order chi connectivity index (χ1) is 10.2. The summed E-state index contributed by atoms with van der Waals surface area (Å²) in [7, 11) is 0. The quantitative estimate of drug-likeness (QED) is 0.782. The van der Waals surface area contributed by atoms with Crippen LogP contribution in [0.2, 0.25) is 0 Å². The summed E-state index contributed by atoms with van der Waals surface area (Å²) >= 11 is 0. The Morgan fingerprint density at radius 2 is 1.67 bits per heavy atom. The molecule has 2 aliphatic heterocycles. The van der Waals surface area contributed by atoms with Gasteiger partial charge in [0.05, 0.1) is 6.04 Å². The Bertz CT molecular complexity index is 544. The standard InChI is InChI=1S/C15H18N4O2/c20-13-14(21)18-15(17-13)16-12-6-8-19(9-7-12)10-11-4-2-1-3-5-11/h1-5,12H,6-10H2,(H2,16,17,18,20,21). The average molecular weight is 286 g/mol. The zero-order chi connectivity index (χ0) is 14.7. The first kappa shape index (κ1) is 13.8. The molecule has 2 aliphatic rings. The minimum absolute atomic E-state index is 0.158. The third-order valence-corrected chi connectivity index (χ3v) is 3.79. The molecule has 0 atom stereocenters. The zero-order valence-electron chi connectivity index (χ0n) is 11.7. The molecule has 2 amide bonds. The zero-order valence-corrected chi connectivity index (χ0v) is 11.7. The molecule has 0 spiro atoms. The fourth-order valence-electron chi connectivity index (χ4n) is 2.66. The Labute approximate surface area is 123 Å². The Balaban J connectivity index is 1.50. The highest BCUT2D eigenvalue weighted by Crippen LogP contribution is 2.16. The minimum atomic E-state index is -0.629. The molecule has 2 heterocycles. The van der Waals surface area contributed by atoms with E-state index in [1.165, 1.54) is 5.56 Å². The second-order valence-electron chi connectivity index (χ2n) is 5.38. The van der Waals surface area contributed by atoms with Gasteiger partial charge in [0.25, 0.3) is 0 Å². The Morgan fingerprint density at radius 3 is 2.29 bits per heavy atom. The van der Waals surface area contributed by atoms with Gasteiger partial charge in [0, 0.05) is 19.6 Å². The van der Waals surface area contributed by atoms with Gasteiger partial charge >= 0.3 is 11.8 Å². The summed E-state index contributed by atoms with van der Waals surface area (Å²) < 4.78 is 0. The molecular weight excluding hydrogens is 268 g/mol. The van der Waals surface area contributed by atoms with Gasteiger partial charge in [-0.3, -0.25) is 25.1 Å². The van der Waals surface area contributed by atoms with Crippen LogP contribution in [0.3, 0.4) is 0 Å². The molecule has 3 rings (SSSR count). The Morgan fingerprint density at radius 1 is 1.05 bits per heavy atom. The molecule has 0 saturated carbocycles.